The van der Waals surface area contributed by atoms with Crippen molar-refractivity contribution >= 4 is 41.9 Å². The molecule has 3 rings (SSSR count). The molecule has 2 aliphatic rings. The van der Waals surface area contributed by atoms with E-state index in [4.69, 9.17) is 23.1 Å². The van der Waals surface area contributed by atoms with Crippen LogP contribution in [0.2, 0.25) is 5.15 Å². The first-order chi connectivity index (χ1) is 13.0. The van der Waals surface area contributed by atoms with Crippen LogP contribution in [-0.4, -0.2) is 47.8 Å². The SMILES string of the molecule is Nc1nc(N(CC2CC2N)NCC2CC2)c(C(=O)NC=NNC=O)nc1Cl. The Morgan fingerprint density at radius 2 is 2.15 bits per heavy atom. The summed E-state index contributed by atoms with van der Waals surface area (Å²) in [5, 5.41) is 7.57. The third kappa shape index (κ3) is 5.25. The number of carbonyl (C=O) groups excluding carboxylic acids is 2. The van der Waals surface area contributed by atoms with E-state index in [2.05, 4.69) is 25.8 Å². The number of hydrogen-bond donors (Lipinski definition) is 5. The molecule has 0 aromatic carbocycles. The van der Waals surface area contributed by atoms with Crippen LogP contribution < -0.4 is 32.6 Å². The average Bonchev–Trinajstić information content (AvgIpc) is 3.56. The maximum atomic E-state index is 12.5. The van der Waals surface area contributed by atoms with Gasteiger partial charge in [0.15, 0.2) is 22.5 Å². The largest absolute Gasteiger partial charge is 0.381 e. The normalized spacial score (nSPS) is 21.1. The molecule has 27 heavy (non-hydrogen) atoms. The molecule has 2 atom stereocenters. The van der Waals surface area contributed by atoms with Crippen molar-refractivity contribution in [3.8, 4) is 0 Å². The van der Waals surface area contributed by atoms with Crippen molar-refractivity contribution in [1.29, 1.82) is 0 Å². The summed E-state index contributed by atoms with van der Waals surface area (Å²) in [5.41, 5.74) is 17.1. The highest BCUT2D eigenvalue weighted by atomic mass is 35.5. The second kappa shape index (κ2) is 8.46. The molecule has 146 valence electrons. The molecule has 0 radical (unpaired) electrons. The Balaban J connectivity index is 1.83. The zero-order valence-electron chi connectivity index (χ0n) is 14.6. The number of nitrogens with zero attached hydrogens (tertiary/aromatic N) is 4. The van der Waals surface area contributed by atoms with Gasteiger partial charge in [-0.15, -0.1) is 0 Å². The number of nitrogens with one attached hydrogen (secondary N) is 3. The van der Waals surface area contributed by atoms with Crippen molar-refractivity contribution < 1.29 is 9.59 Å². The Labute approximate surface area is 160 Å². The summed E-state index contributed by atoms with van der Waals surface area (Å²) in [6.07, 6.45) is 4.66. The van der Waals surface area contributed by atoms with Crippen molar-refractivity contribution in [1.82, 2.24) is 26.1 Å². The third-order valence-electron chi connectivity index (χ3n) is 4.38. The number of rotatable bonds is 10. The molecule has 0 aliphatic heterocycles. The summed E-state index contributed by atoms with van der Waals surface area (Å²) in [6.45, 7) is 1.34. The Morgan fingerprint density at radius 3 is 2.78 bits per heavy atom. The lowest BCUT2D eigenvalue weighted by Crippen LogP contribution is -2.43. The molecule has 2 saturated carbocycles. The summed E-state index contributed by atoms with van der Waals surface area (Å²) >= 11 is 5.97. The molecule has 11 nitrogen and oxygen atoms in total. The number of anilines is 2. The second-order valence-corrected chi connectivity index (χ2v) is 6.98. The Bertz CT molecular complexity index is 740. The van der Waals surface area contributed by atoms with Gasteiger partial charge >= 0.3 is 0 Å². The Morgan fingerprint density at radius 1 is 1.41 bits per heavy atom. The van der Waals surface area contributed by atoms with Crippen molar-refractivity contribution in [2.75, 3.05) is 23.8 Å². The molecular weight excluding hydrogens is 374 g/mol. The first-order valence-electron chi connectivity index (χ1n) is 8.60. The van der Waals surface area contributed by atoms with E-state index < -0.39 is 5.91 Å². The molecular formula is C15H22ClN9O2. The molecule has 12 heteroatoms. The minimum Gasteiger partial charge on any atom is -0.381 e. The van der Waals surface area contributed by atoms with Gasteiger partial charge in [-0.2, -0.15) is 5.10 Å². The number of aromatic nitrogens is 2. The van der Waals surface area contributed by atoms with E-state index >= 15 is 0 Å². The maximum Gasteiger partial charge on any atom is 0.278 e. The van der Waals surface area contributed by atoms with Crippen LogP contribution in [0.15, 0.2) is 5.10 Å². The summed E-state index contributed by atoms with van der Waals surface area (Å²) in [6, 6.07) is 0.131. The fourth-order valence-corrected chi connectivity index (χ4v) is 2.62. The maximum absolute atomic E-state index is 12.5. The molecule has 0 spiro atoms. The van der Waals surface area contributed by atoms with Crippen molar-refractivity contribution in [2.45, 2.75) is 25.3 Å². The Hall–Kier alpha value is -2.50. The van der Waals surface area contributed by atoms with Crippen LogP contribution in [0.4, 0.5) is 11.6 Å². The topological polar surface area (TPSA) is 164 Å². The standard InChI is InChI=1S/C15H22ClN9O2/c16-12-13(18)24-14(11(23-12)15(27)19-6-20-21-7-26)25(5-9-3-10(9)17)22-4-8-1-2-8/h6-10,22H,1-5,17H2,(H2,18,24)(H,21,26)(H,19,20,27). The van der Waals surface area contributed by atoms with Gasteiger partial charge in [-0.1, -0.05) is 11.6 Å². The van der Waals surface area contributed by atoms with E-state index in [0.29, 0.717) is 24.8 Å². The molecule has 1 aromatic heterocycles. The highest BCUT2D eigenvalue weighted by Gasteiger charge is 2.37. The molecule has 0 bridgehead atoms. The van der Waals surface area contributed by atoms with Gasteiger partial charge in [-0.25, -0.2) is 20.8 Å². The van der Waals surface area contributed by atoms with E-state index in [1.165, 1.54) is 12.8 Å². The lowest BCUT2D eigenvalue weighted by molar-refractivity contribution is -0.109. The van der Waals surface area contributed by atoms with Gasteiger partial charge in [0.1, 0.15) is 6.34 Å². The monoisotopic (exact) mass is 395 g/mol. The molecule has 1 aromatic rings. The number of nitrogen functional groups attached to an aromatic ring is 1. The number of halogens is 1. The van der Waals surface area contributed by atoms with E-state index in [1.54, 1.807) is 5.01 Å². The lowest BCUT2D eigenvalue weighted by atomic mass is 10.3. The van der Waals surface area contributed by atoms with E-state index in [1.807, 2.05) is 5.43 Å². The van der Waals surface area contributed by atoms with Crippen LogP contribution >= 0.6 is 11.6 Å². The molecule has 2 aliphatic carbocycles. The van der Waals surface area contributed by atoms with Gasteiger partial charge in [0, 0.05) is 19.1 Å². The van der Waals surface area contributed by atoms with E-state index in [-0.39, 0.29) is 28.5 Å². The highest BCUT2D eigenvalue weighted by molar-refractivity contribution is 6.31. The average molecular weight is 396 g/mol. The van der Waals surface area contributed by atoms with Crippen LogP contribution in [0.3, 0.4) is 0 Å². The number of hydrogen-bond acceptors (Lipinski definition) is 9. The zero-order valence-corrected chi connectivity index (χ0v) is 15.3. The molecule has 2 fully saturated rings. The zero-order chi connectivity index (χ0) is 19.4. The lowest BCUT2D eigenvalue weighted by Gasteiger charge is -2.26. The Kier molecular flexibility index (Phi) is 6.04. The first kappa shape index (κ1) is 19.3. The van der Waals surface area contributed by atoms with Gasteiger partial charge in [0.25, 0.3) is 5.91 Å². The van der Waals surface area contributed by atoms with Crippen molar-refractivity contribution in [2.24, 2.45) is 22.7 Å². The summed E-state index contributed by atoms with van der Waals surface area (Å²) in [7, 11) is 0. The summed E-state index contributed by atoms with van der Waals surface area (Å²) in [4.78, 5) is 31.1. The van der Waals surface area contributed by atoms with E-state index in [9.17, 15) is 9.59 Å². The highest BCUT2D eigenvalue weighted by Crippen LogP contribution is 2.32. The molecule has 1 heterocycles. The van der Waals surface area contributed by atoms with Gasteiger partial charge in [0.2, 0.25) is 6.41 Å². The predicted octanol–water partition coefficient (Wildman–Crippen LogP) is -0.800. The predicted molar refractivity (Wildman–Crippen MR) is 101 cm³/mol. The molecule has 2 amide bonds. The fraction of sp³-hybridized carbons (Fsp3) is 0.533. The number of hydrazine groups is 1. The number of hydrazone groups is 1. The van der Waals surface area contributed by atoms with Gasteiger partial charge in [-0.3, -0.25) is 14.6 Å². The van der Waals surface area contributed by atoms with Crippen LogP contribution in [0, 0.1) is 11.8 Å². The van der Waals surface area contributed by atoms with Crippen LogP contribution in [-0.2, 0) is 4.79 Å². The van der Waals surface area contributed by atoms with Crippen LogP contribution in [0.5, 0.6) is 0 Å². The smallest absolute Gasteiger partial charge is 0.278 e. The quantitative estimate of drug-likeness (QED) is 0.149. The number of carbonyl (C=O) groups is 2. The fourth-order valence-electron chi connectivity index (χ4n) is 2.49. The minimum atomic E-state index is -0.589. The van der Waals surface area contributed by atoms with Crippen molar-refractivity contribution in [3.63, 3.8) is 0 Å². The summed E-state index contributed by atoms with van der Waals surface area (Å²) < 4.78 is 0. The first-order valence-corrected chi connectivity index (χ1v) is 8.98. The third-order valence-corrected chi connectivity index (χ3v) is 4.66. The number of nitrogens with two attached hydrogens (primary N) is 2. The molecule has 0 saturated heterocycles. The van der Waals surface area contributed by atoms with Gasteiger partial charge in [-0.05, 0) is 31.1 Å². The molecule has 2 unspecified atom stereocenters. The summed E-state index contributed by atoms with van der Waals surface area (Å²) in [5.74, 6) is 0.611. The van der Waals surface area contributed by atoms with E-state index in [0.717, 1.165) is 19.3 Å². The molecule has 7 N–H and O–H groups in total. The number of amides is 2. The van der Waals surface area contributed by atoms with Crippen molar-refractivity contribution in [3.05, 3.63) is 10.8 Å². The second-order valence-electron chi connectivity index (χ2n) is 6.63. The van der Waals surface area contributed by atoms with Gasteiger partial charge < -0.3 is 16.8 Å². The van der Waals surface area contributed by atoms with Gasteiger partial charge in [0.05, 0.1) is 0 Å². The van der Waals surface area contributed by atoms with Crippen LogP contribution in [0.1, 0.15) is 29.8 Å². The minimum absolute atomic E-state index is 0.00993. The van der Waals surface area contributed by atoms with Crippen LogP contribution in [0.25, 0.3) is 0 Å².